The molecule has 1 aromatic rings. The van der Waals surface area contributed by atoms with E-state index in [1.54, 1.807) is 0 Å². The van der Waals surface area contributed by atoms with Crippen LogP contribution in [0.15, 0.2) is 38.3 Å². The molecule has 1 aliphatic carbocycles. The Morgan fingerprint density at radius 1 is 1.38 bits per heavy atom. The molecule has 10 nitrogen and oxygen atoms in total. The number of carboxylic acids is 1. The molecule has 3 atom stereocenters. The van der Waals surface area contributed by atoms with Crippen LogP contribution in [0.25, 0.3) is 5.70 Å². The van der Waals surface area contributed by atoms with Gasteiger partial charge in [-0.15, -0.1) is 11.6 Å². The number of aliphatic carboxylic acids is 1. The Balaban J connectivity index is 3.10. The van der Waals surface area contributed by atoms with E-state index in [0.29, 0.717) is 6.08 Å². The summed E-state index contributed by atoms with van der Waals surface area (Å²) in [6.45, 7) is 5.07. The van der Waals surface area contributed by atoms with E-state index in [9.17, 15) is 33.1 Å². The summed E-state index contributed by atoms with van der Waals surface area (Å²) in [7, 11) is 0. The van der Waals surface area contributed by atoms with Crippen molar-refractivity contribution < 1.29 is 32.7 Å². The van der Waals surface area contributed by atoms with Gasteiger partial charge in [-0.2, -0.15) is 8.78 Å². The quantitative estimate of drug-likeness (QED) is 0.182. The maximum absolute atomic E-state index is 15.7. The molecule has 0 bridgehead atoms. The van der Waals surface area contributed by atoms with Crippen LogP contribution < -0.4 is 17.1 Å². The third kappa shape index (κ3) is 4.25. The Morgan fingerprint density at radius 2 is 1.94 bits per heavy atom. The molecule has 0 spiro atoms. The number of alkyl halides is 4. The highest BCUT2D eigenvalue weighted by atomic mass is 35.5. The van der Waals surface area contributed by atoms with E-state index in [2.05, 4.69) is 5.16 Å². The maximum Gasteiger partial charge on any atom is 0.365 e. The average Bonchev–Trinajstić information content (AvgIpc) is 2.69. The molecular weight excluding hydrogens is 508 g/mol. The first-order valence-electron chi connectivity index (χ1n) is 9.36. The van der Waals surface area contributed by atoms with Gasteiger partial charge in [0, 0.05) is 23.6 Å². The normalized spacial score (nSPS) is 23.7. The number of aromatic nitrogens is 2. The fourth-order valence-electron chi connectivity index (χ4n) is 3.37. The number of carbonyl (C=O) groups is 2. The molecule has 0 aromatic carbocycles. The Kier molecular flexibility index (Phi) is 7.15. The molecule has 15 heteroatoms. The van der Waals surface area contributed by atoms with Crippen LogP contribution in [0, 0.1) is 5.92 Å². The van der Waals surface area contributed by atoms with Gasteiger partial charge in [-0.3, -0.25) is 4.79 Å². The summed E-state index contributed by atoms with van der Waals surface area (Å²) in [4.78, 5) is 52.1. The predicted octanol–water partition coefficient (Wildman–Crippen LogP) is 2.16. The van der Waals surface area contributed by atoms with Crippen molar-refractivity contribution in [3.05, 3.63) is 50.1 Å². The van der Waals surface area contributed by atoms with Gasteiger partial charge in [-0.25, -0.2) is 23.2 Å². The van der Waals surface area contributed by atoms with E-state index in [4.69, 9.17) is 33.9 Å². The lowest BCUT2D eigenvalue weighted by Gasteiger charge is -2.42. The van der Waals surface area contributed by atoms with Crippen LogP contribution in [-0.2, 0) is 19.8 Å². The Bertz CT molecular complexity index is 1260. The third-order valence-electron chi connectivity index (χ3n) is 5.02. The molecule has 3 unspecified atom stereocenters. The molecule has 0 fully saturated rings. The number of nitrogens with zero attached hydrogens (tertiary/aromatic N) is 3. The lowest BCUT2D eigenvalue weighted by Crippen LogP contribution is -2.59. The number of oxime groups is 1. The van der Waals surface area contributed by atoms with Gasteiger partial charge >= 0.3 is 17.0 Å². The zero-order chi connectivity index (χ0) is 26.4. The average molecular weight is 527 g/mol. The van der Waals surface area contributed by atoms with Crippen LogP contribution in [0.1, 0.15) is 33.4 Å². The third-order valence-corrected chi connectivity index (χ3v) is 5.70. The first kappa shape index (κ1) is 27.2. The van der Waals surface area contributed by atoms with Gasteiger partial charge in [0.15, 0.2) is 0 Å². The molecule has 34 heavy (non-hydrogen) atoms. The van der Waals surface area contributed by atoms with Crippen molar-refractivity contribution in [2.24, 2.45) is 11.1 Å². The summed E-state index contributed by atoms with van der Waals surface area (Å²) in [6, 6.07) is 0.164. The lowest BCUT2D eigenvalue weighted by atomic mass is 9.73. The number of aldehydes is 1. The Labute approximate surface area is 199 Å². The van der Waals surface area contributed by atoms with E-state index in [1.165, 1.54) is 20.8 Å². The fraction of sp³-hybridized carbons (Fsp3) is 0.421. The first-order valence-corrected chi connectivity index (χ1v) is 10.1. The molecule has 0 saturated carbocycles. The largest absolute Gasteiger partial charge is 0.478 e. The van der Waals surface area contributed by atoms with Crippen LogP contribution in [0.3, 0.4) is 0 Å². The smallest absolute Gasteiger partial charge is 0.365 e. The van der Waals surface area contributed by atoms with Gasteiger partial charge in [0.25, 0.3) is 11.2 Å². The summed E-state index contributed by atoms with van der Waals surface area (Å²) < 4.78 is 42.6. The molecule has 0 saturated heterocycles. The Morgan fingerprint density at radius 3 is 2.38 bits per heavy atom. The summed E-state index contributed by atoms with van der Waals surface area (Å²) in [5.74, 6) is 0.689. The van der Waals surface area contributed by atoms with E-state index in [-0.39, 0.29) is 27.3 Å². The van der Waals surface area contributed by atoms with Crippen LogP contribution >= 0.6 is 23.2 Å². The lowest BCUT2D eigenvalue weighted by molar-refractivity contribution is -0.162. The molecule has 186 valence electrons. The number of rotatable bonds is 7. The van der Waals surface area contributed by atoms with Gasteiger partial charge in [0.2, 0.25) is 0 Å². The fourth-order valence-corrected chi connectivity index (χ4v) is 3.94. The van der Waals surface area contributed by atoms with Crippen LogP contribution in [0.4, 0.5) is 13.2 Å². The second-order valence-corrected chi connectivity index (χ2v) is 8.94. The summed E-state index contributed by atoms with van der Waals surface area (Å²) >= 11 is 11.3. The summed E-state index contributed by atoms with van der Waals surface area (Å²) in [6.07, 6.45) is 0.715. The van der Waals surface area contributed by atoms with Gasteiger partial charge in [0.1, 0.15) is 22.7 Å². The van der Waals surface area contributed by atoms with E-state index < -0.39 is 61.8 Å². The predicted molar refractivity (Wildman–Crippen MR) is 117 cm³/mol. The Hall–Kier alpha value is -3.06. The second-order valence-electron chi connectivity index (χ2n) is 7.71. The molecular formula is C19H19Cl2F3N4O6. The second kappa shape index (κ2) is 8.95. The molecule has 1 aromatic heterocycles. The standard InChI is InChI=1S/C19H19Cl2F3N4O6/c1-8(2)26-34-18(15(31)32)6-10(14(22)13(9(3)7-29)17(18,4)20)27-12(30)5-11(19(21,23)24)28(25)16(27)33/h5-7,9H,25H2,1-4H3,(H,31,32). The highest BCUT2D eigenvalue weighted by Gasteiger charge is 2.62. The molecule has 0 radical (unpaired) electrons. The van der Waals surface area contributed by atoms with Gasteiger partial charge in [0.05, 0.1) is 11.4 Å². The SMILES string of the molecule is CC(C)=NOC1(C(=O)O)C=C(n2c(=O)cc(C(F)(F)Cl)n(N)c2=O)C(F)=C(C(C)C=O)C1(C)Cl. The highest BCUT2D eigenvalue weighted by Crippen LogP contribution is 2.50. The van der Waals surface area contributed by atoms with Crippen LogP contribution in [0.2, 0.25) is 0 Å². The molecule has 1 aliphatic rings. The van der Waals surface area contributed by atoms with Gasteiger partial charge < -0.3 is 20.6 Å². The molecule has 0 aliphatic heterocycles. The highest BCUT2D eigenvalue weighted by molar-refractivity contribution is 6.29. The van der Waals surface area contributed by atoms with Crippen LogP contribution in [0.5, 0.6) is 0 Å². The minimum Gasteiger partial charge on any atom is -0.478 e. The van der Waals surface area contributed by atoms with Crippen molar-refractivity contribution in [2.75, 3.05) is 5.84 Å². The van der Waals surface area contributed by atoms with Crippen molar-refractivity contribution in [3.8, 4) is 0 Å². The van der Waals surface area contributed by atoms with Crippen molar-refractivity contribution in [1.82, 2.24) is 9.24 Å². The monoisotopic (exact) mass is 526 g/mol. The van der Waals surface area contributed by atoms with Crippen molar-refractivity contribution >= 4 is 46.9 Å². The number of hydrogen-bond acceptors (Lipinski definition) is 7. The van der Waals surface area contributed by atoms with Gasteiger partial charge in [-0.05, 0) is 32.4 Å². The minimum absolute atomic E-state index is 0.0192. The zero-order valence-corrected chi connectivity index (χ0v) is 19.6. The zero-order valence-electron chi connectivity index (χ0n) is 18.1. The molecule has 2 rings (SSSR count). The van der Waals surface area contributed by atoms with Crippen molar-refractivity contribution in [2.45, 2.75) is 43.6 Å². The topological polar surface area (TPSA) is 146 Å². The molecule has 3 N–H and O–H groups in total. The van der Waals surface area contributed by atoms with Gasteiger partial charge in [-0.1, -0.05) is 12.1 Å². The van der Waals surface area contributed by atoms with Crippen molar-refractivity contribution in [1.29, 1.82) is 0 Å². The molecule has 0 amide bonds. The van der Waals surface area contributed by atoms with Crippen molar-refractivity contribution in [3.63, 3.8) is 0 Å². The van der Waals surface area contributed by atoms with E-state index in [0.717, 1.165) is 6.92 Å². The number of hydrogen-bond donors (Lipinski definition) is 2. The number of allylic oxidation sites excluding steroid dienone is 2. The minimum atomic E-state index is -4.24. The maximum atomic E-state index is 15.7. The summed E-state index contributed by atoms with van der Waals surface area (Å²) in [5.41, 5.74) is -8.94. The van der Waals surface area contributed by atoms with E-state index in [1.807, 2.05) is 0 Å². The van der Waals surface area contributed by atoms with E-state index >= 15 is 4.39 Å². The number of carbonyl (C=O) groups excluding carboxylic acids is 1. The molecule has 1 heterocycles. The number of carboxylic acid groups (broad SMARTS) is 1. The summed E-state index contributed by atoms with van der Waals surface area (Å²) in [5, 5.41) is 9.37. The number of halogens is 5. The number of nitrogens with two attached hydrogens (primary N) is 1. The first-order chi connectivity index (χ1) is 15.4. The van der Waals surface area contributed by atoms with Crippen LogP contribution in [-0.4, -0.2) is 42.8 Å². The number of nitrogen functional groups attached to an aromatic ring is 1.